The van der Waals surface area contributed by atoms with Crippen LogP contribution in [0.2, 0.25) is 0 Å². The van der Waals surface area contributed by atoms with Crippen molar-refractivity contribution in [2.75, 3.05) is 0 Å². The molecule has 0 aliphatic rings. The number of carbonyl (C=O) groups excluding carboxylic acids is 2. The standard InChI is InChI=1S/C22H14O5S/c23-12-27-17-8-3-14(4-9-17)22-20(18-10-7-16(25)11-19(18)28-22)21(26)13-1-5-15(24)6-2-13/h1-12,24-25H. The fourth-order valence-electron chi connectivity index (χ4n) is 3.01. The zero-order valence-electron chi connectivity index (χ0n) is 14.5. The van der Waals surface area contributed by atoms with Gasteiger partial charge in [-0.05, 0) is 72.3 Å². The number of phenols is 2. The molecule has 0 aliphatic carbocycles. The van der Waals surface area contributed by atoms with Gasteiger partial charge in [-0.1, -0.05) is 0 Å². The first-order valence-electron chi connectivity index (χ1n) is 8.37. The minimum absolute atomic E-state index is 0.0858. The Morgan fingerprint density at radius 3 is 2.25 bits per heavy atom. The molecule has 0 atom stereocenters. The van der Waals surface area contributed by atoms with Crippen LogP contribution in [0.3, 0.4) is 0 Å². The van der Waals surface area contributed by atoms with Crippen molar-refractivity contribution in [2.24, 2.45) is 0 Å². The minimum atomic E-state index is -0.180. The molecule has 0 bridgehead atoms. The second kappa shape index (κ2) is 7.17. The van der Waals surface area contributed by atoms with Crippen molar-refractivity contribution in [1.82, 2.24) is 0 Å². The quantitative estimate of drug-likeness (QED) is 0.380. The van der Waals surface area contributed by atoms with E-state index in [1.807, 2.05) is 0 Å². The Kier molecular flexibility index (Phi) is 4.55. The highest BCUT2D eigenvalue weighted by Crippen LogP contribution is 2.41. The van der Waals surface area contributed by atoms with E-state index in [9.17, 15) is 19.8 Å². The molecular formula is C22H14O5S. The Balaban J connectivity index is 1.90. The summed E-state index contributed by atoms with van der Waals surface area (Å²) in [6.45, 7) is 0.358. The van der Waals surface area contributed by atoms with Crippen LogP contribution in [0.1, 0.15) is 15.9 Å². The molecule has 0 radical (unpaired) electrons. The van der Waals surface area contributed by atoms with Crippen LogP contribution < -0.4 is 4.74 Å². The molecule has 5 nitrogen and oxygen atoms in total. The summed E-state index contributed by atoms with van der Waals surface area (Å²) in [4.78, 5) is 24.5. The highest BCUT2D eigenvalue weighted by Gasteiger charge is 2.22. The summed E-state index contributed by atoms with van der Waals surface area (Å²) >= 11 is 1.40. The van der Waals surface area contributed by atoms with Crippen LogP contribution in [-0.2, 0) is 4.79 Å². The van der Waals surface area contributed by atoms with E-state index < -0.39 is 0 Å². The van der Waals surface area contributed by atoms with Gasteiger partial charge in [-0.2, -0.15) is 0 Å². The third kappa shape index (κ3) is 3.21. The number of phenolic OH excluding ortho intramolecular Hbond substituents is 2. The van der Waals surface area contributed by atoms with Crippen LogP contribution in [-0.4, -0.2) is 22.5 Å². The molecule has 6 heteroatoms. The predicted molar refractivity (Wildman–Crippen MR) is 107 cm³/mol. The fraction of sp³-hybridized carbons (Fsp3) is 0. The van der Waals surface area contributed by atoms with Gasteiger partial charge in [0.1, 0.15) is 17.2 Å². The molecule has 3 aromatic carbocycles. The smallest absolute Gasteiger partial charge is 0.298 e. The zero-order chi connectivity index (χ0) is 19.7. The number of benzene rings is 3. The molecule has 0 aliphatic heterocycles. The third-order valence-corrected chi connectivity index (χ3v) is 5.53. The van der Waals surface area contributed by atoms with Gasteiger partial charge in [0, 0.05) is 26.1 Å². The van der Waals surface area contributed by atoms with E-state index in [2.05, 4.69) is 0 Å². The number of hydrogen-bond acceptors (Lipinski definition) is 6. The summed E-state index contributed by atoms with van der Waals surface area (Å²) in [6, 6.07) is 17.8. The SMILES string of the molecule is O=COc1ccc(-c2sc3cc(O)ccc3c2C(=O)c2ccc(O)cc2)cc1. The molecule has 0 amide bonds. The van der Waals surface area contributed by atoms with Gasteiger partial charge in [-0.25, -0.2) is 0 Å². The highest BCUT2D eigenvalue weighted by molar-refractivity contribution is 7.22. The second-order valence-electron chi connectivity index (χ2n) is 6.10. The van der Waals surface area contributed by atoms with E-state index in [0.29, 0.717) is 23.3 Å². The number of fused-ring (bicyclic) bond motifs is 1. The first-order valence-corrected chi connectivity index (χ1v) is 9.18. The predicted octanol–water partition coefficient (Wildman–Crippen LogP) is 4.75. The number of ether oxygens (including phenoxy) is 1. The van der Waals surface area contributed by atoms with Crippen molar-refractivity contribution in [3.05, 3.63) is 77.9 Å². The van der Waals surface area contributed by atoms with E-state index in [1.54, 1.807) is 54.6 Å². The minimum Gasteiger partial charge on any atom is -0.508 e. The van der Waals surface area contributed by atoms with Crippen LogP contribution >= 0.6 is 11.3 Å². The number of thiophene rings is 1. The Morgan fingerprint density at radius 1 is 0.893 bits per heavy atom. The molecule has 0 unspecified atom stereocenters. The number of hydrogen-bond donors (Lipinski definition) is 2. The number of rotatable bonds is 5. The van der Waals surface area contributed by atoms with Crippen molar-refractivity contribution >= 4 is 33.7 Å². The molecule has 2 N–H and O–H groups in total. The first-order chi connectivity index (χ1) is 13.6. The van der Waals surface area contributed by atoms with Crippen LogP contribution in [0.4, 0.5) is 0 Å². The van der Waals surface area contributed by atoms with Gasteiger partial charge in [0.15, 0.2) is 5.78 Å². The molecule has 138 valence electrons. The molecule has 4 rings (SSSR count). The first kappa shape index (κ1) is 17.8. The molecule has 0 spiro atoms. The van der Waals surface area contributed by atoms with Crippen molar-refractivity contribution < 1.29 is 24.5 Å². The summed E-state index contributed by atoms with van der Waals surface area (Å²) in [5.74, 6) is 0.436. The average molecular weight is 390 g/mol. The lowest BCUT2D eigenvalue weighted by Gasteiger charge is -2.06. The molecule has 0 fully saturated rings. The maximum absolute atomic E-state index is 13.3. The number of aromatic hydroxyl groups is 2. The van der Waals surface area contributed by atoms with Gasteiger partial charge in [-0.3, -0.25) is 9.59 Å². The van der Waals surface area contributed by atoms with Crippen molar-refractivity contribution in [2.45, 2.75) is 0 Å². The van der Waals surface area contributed by atoms with Gasteiger partial charge >= 0.3 is 0 Å². The van der Waals surface area contributed by atoms with Gasteiger partial charge in [-0.15, -0.1) is 11.3 Å². The van der Waals surface area contributed by atoms with Crippen molar-refractivity contribution in [3.8, 4) is 27.7 Å². The molecule has 0 saturated carbocycles. The second-order valence-corrected chi connectivity index (χ2v) is 7.15. The molecule has 1 heterocycles. The average Bonchev–Trinajstić information content (AvgIpc) is 3.07. The number of ketones is 1. The third-order valence-electron chi connectivity index (χ3n) is 4.33. The van der Waals surface area contributed by atoms with Gasteiger partial charge in [0.2, 0.25) is 0 Å². The Labute approximate surface area is 164 Å². The van der Waals surface area contributed by atoms with Gasteiger partial charge < -0.3 is 14.9 Å². The Hall–Kier alpha value is -3.64. The van der Waals surface area contributed by atoms with Crippen LogP contribution in [0, 0.1) is 0 Å². The summed E-state index contributed by atoms with van der Waals surface area (Å²) in [6.07, 6.45) is 0. The lowest BCUT2D eigenvalue weighted by atomic mass is 9.97. The number of carbonyl (C=O) groups is 2. The van der Waals surface area contributed by atoms with Gasteiger partial charge in [0.05, 0.1) is 0 Å². The van der Waals surface area contributed by atoms with Crippen molar-refractivity contribution in [3.63, 3.8) is 0 Å². The normalized spacial score (nSPS) is 10.7. The fourth-order valence-corrected chi connectivity index (χ4v) is 4.25. The lowest BCUT2D eigenvalue weighted by Crippen LogP contribution is -2.01. The van der Waals surface area contributed by atoms with Gasteiger partial charge in [0.25, 0.3) is 6.47 Å². The van der Waals surface area contributed by atoms with Crippen LogP contribution in [0.25, 0.3) is 20.5 Å². The molecular weight excluding hydrogens is 376 g/mol. The largest absolute Gasteiger partial charge is 0.508 e. The highest BCUT2D eigenvalue weighted by atomic mass is 32.1. The summed E-state index contributed by atoms with van der Waals surface area (Å²) in [5, 5.41) is 20.1. The monoisotopic (exact) mass is 390 g/mol. The van der Waals surface area contributed by atoms with Crippen LogP contribution in [0.5, 0.6) is 17.2 Å². The van der Waals surface area contributed by atoms with E-state index in [1.165, 1.54) is 23.5 Å². The topological polar surface area (TPSA) is 83.8 Å². The summed E-state index contributed by atoms with van der Waals surface area (Å²) in [5.41, 5.74) is 1.77. The Bertz CT molecular complexity index is 1170. The lowest BCUT2D eigenvalue weighted by molar-refractivity contribution is -0.120. The molecule has 28 heavy (non-hydrogen) atoms. The van der Waals surface area contributed by atoms with E-state index >= 15 is 0 Å². The molecule has 1 aromatic heterocycles. The van der Waals surface area contributed by atoms with E-state index in [4.69, 9.17) is 4.74 Å². The maximum atomic E-state index is 13.3. The van der Waals surface area contributed by atoms with Crippen molar-refractivity contribution in [1.29, 1.82) is 0 Å². The maximum Gasteiger partial charge on any atom is 0.298 e. The van der Waals surface area contributed by atoms with Crippen LogP contribution in [0.15, 0.2) is 66.7 Å². The molecule has 4 aromatic rings. The zero-order valence-corrected chi connectivity index (χ0v) is 15.3. The van der Waals surface area contributed by atoms with E-state index in [-0.39, 0.29) is 17.3 Å². The Morgan fingerprint density at radius 2 is 1.57 bits per heavy atom. The summed E-state index contributed by atoms with van der Waals surface area (Å²) in [7, 11) is 0. The summed E-state index contributed by atoms with van der Waals surface area (Å²) < 4.78 is 5.61. The van der Waals surface area contributed by atoms with E-state index in [0.717, 1.165) is 20.5 Å². The molecule has 0 saturated heterocycles.